The summed E-state index contributed by atoms with van der Waals surface area (Å²) in [6.07, 6.45) is 0. The molecule has 3 aromatic rings. The van der Waals surface area contributed by atoms with Gasteiger partial charge in [0.05, 0.1) is 0 Å². The van der Waals surface area contributed by atoms with Crippen molar-refractivity contribution in [1.29, 1.82) is 0 Å². The van der Waals surface area contributed by atoms with Crippen LogP contribution in [0.1, 0.15) is 10.4 Å². The van der Waals surface area contributed by atoms with Crippen molar-refractivity contribution in [2.75, 3.05) is 0 Å². The molecule has 3 rings (SSSR count). The summed E-state index contributed by atoms with van der Waals surface area (Å²) in [7, 11) is 0. The second-order valence-electron chi connectivity index (χ2n) is 4.55. The van der Waals surface area contributed by atoms with E-state index in [4.69, 9.17) is 0 Å². The first-order chi connectivity index (χ1) is 10.6. The molecule has 0 aliphatic heterocycles. The molecular weight excluding hydrogens is 351 g/mol. The van der Waals surface area contributed by atoms with Gasteiger partial charge in [0, 0.05) is 15.6 Å². The summed E-state index contributed by atoms with van der Waals surface area (Å²) in [5.41, 5.74) is 1.20. The minimum absolute atomic E-state index is 0.0525. The average Bonchev–Trinajstić information content (AvgIpc) is 2.96. The van der Waals surface area contributed by atoms with Gasteiger partial charge in [-0.05, 0) is 41.6 Å². The van der Waals surface area contributed by atoms with E-state index in [0.29, 0.717) is 11.4 Å². The van der Waals surface area contributed by atoms with Crippen LogP contribution in [-0.2, 0) is 6.54 Å². The minimum Gasteiger partial charge on any atom is -0.292 e. The fourth-order valence-corrected chi connectivity index (χ4v) is 2.38. The number of nitrogens with zero attached hydrogens (tertiary/aromatic N) is 4. The molecular formula is C15H10BrFN4O. The van der Waals surface area contributed by atoms with Crippen molar-refractivity contribution in [1.82, 2.24) is 20.2 Å². The summed E-state index contributed by atoms with van der Waals surface area (Å²) in [5.74, 6) is -0.165. The van der Waals surface area contributed by atoms with Crippen LogP contribution in [0, 0.1) is 5.82 Å². The summed E-state index contributed by atoms with van der Waals surface area (Å²) in [6.45, 7) is -0.0525. The van der Waals surface area contributed by atoms with Gasteiger partial charge in [0.25, 0.3) is 0 Å². The predicted octanol–water partition coefficient (Wildman–Crippen LogP) is 3.12. The molecule has 1 heterocycles. The van der Waals surface area contributed by atoms with E-state index < -0.39 is 0 Å². The van der Waals surface area contributed by atoms with E-state index in [1.165, 1.54) is 29.1 Å². The Morgan fingerprint density at radius 2 is 1.86 bits per heavy atom. The molecule has 22 heavy (non-hydrogen) atoms. The molecule has 5 nitrogen and oxygen atoms in total. The van der Waals surface area contributed by atoms with Gasteiger partial charge < -0.3 is 0 Å². The third-order valence-corrected chi connectivity index (χ3v) is 3.71. The molecule has 0 aliphatic carbocycles. The summed E-state index contributed by atoms with van der Waals surface area (Å²) in [5, 5.41) is 12.0. The summed E-state index contributed by atoms with van der Waals surface area (Å²) in [6, 6.07) is 12.8. The second-order valence-corrected chi connectivity index (χ2v) is 5.41. The smallest absolute Gasteiger partial charge is 0.206 e. The van der Waals surface area contributed by atoms with Gasteiger partial charge in [-0.15, -0.1) is 10.2 Å². The van der Waals surface area contributed by atoms with Crippen LogP contribution in [0.2, 0.25) is 0 Å². The standard InChI is InChI=1S/C15H10BrFN4O/c16-13-4-2-1-3-12(13)15-18-20-21(19-15)9-14(22)10-5-7-11(17)8-6-10/h1-8H,9H2. The molecule has 0 atom stereocenters. The van der Waals surface area contributed by atoms with Crippen molar-refractivity contribution in [2.24, 2.45) is 0 Å². The molecule has 0 unspecified atom stereocenters. The lowest BCUT2D eigenvalue weighted by Crippen LogP contribution is -2.13. The third kappa shape index (κ3) is 3.09. The van der Waals surface area contributed by atoms with Gasteiger partial charge in [0.2, 0.25) is 5.82 Å². The van der Waals surface area contributed by atoms with Gasteiger partial charge in [-0.2, -0.15) is 4.80 Å². The third-order valence-electron chi connectivity index (χ3n) is 3.02. The number of carbonyl (C=O) groups is 1. The molecule has 2 aromatic carbocycles. The fourth-order valence-electron chi connectivity index (χ4n) is 1.92. The Morgan fingerprint density at radius 1 is 1.14 bits per heavy atom. The number of hydrogen-bond donors (Lipinski definition) is 0. The Hall–Kier alpha value is -2.41. The first-order valence-corrected chi connectivity index (χ1v) is 7.24. The summed E-state index contributed by atoms with van der Waals surface area (Å²) < 4.78 is 13.7. The average molecular weight is 361 g/mol. The molecule has 0 N–H and O–H groups in total. The molecule has 1 aromatic heterocycles. The number of rotatable bonds is 4. The number of ketones is 1. The van der Waals surface area contributed by atoms with Gasteiger partial charge >= 0.3 is 0 Å². The van der Waals surface area contributed by atoms with E-state index in [2.05, 4.69) is 31.3 Å². The highest BCUT2D eigenvalue weighted by atomic mass is 79.9. The molecule has 0 saturated carbocycles. The quantitative estimate of drug-likeness (QED) is 0.670. The topological polar surface area (TPSA) is 60.7 Å². The highest BCUT2D eigenvalue weighted by Crippen LogP contribution is 2.24. The lowest BCUT2D eigenvalue weighted by atomic mass is 10.1. The van der Waals surface area contributed by atoms with E-state index in [0.717, 1.165) is 10.0 Å². The molecule has 0 saturated heterocycles. The Morgan fingerprint density at radius 3 is 2.59 bits per heavy atom. The van der Waals surface area contributed by atoms with Gasteiger partial charge in [0.1, 0.15) is 12.4 Å². The first kappa shape index (κ1) is 14.5. The van der Waals surface area contributed by atoms with E-state index in [-0.39, 0.29) is 18.1 Å². The van der Waals surface area contributed by atoms with Crippen LogP contribution in [-0.4, -0.2) is 26.0 Å². The van der Waals surface area contributed by atoms with E-state index >= 15 is 0 Å². The molecule has 0 amide bonds. The molecule has 0 spiro atoms. The van der Waals surface area contributed by atoms with Crippen molar-refractivity contribution >= 4 is 21.7 Å². The summed E-state index contributed by atoms with van der Waals surface area (Å²) in [4.78, 5) is 13.3. The highest BCUT2D eigenvalue weighted by Gasteiger charge is 2.12. The monoisotopic (exact) mass is 360 g/mol. The molecule has 110 valence electrons. The van der Waals surface area contributed by atoms with E-state index in [1.807, 2.05) is 24.3 Å². The van der Waals surface area contributed by atoms with Crippen molar-refractivity contribution < 1.29 is 9.18 Å². The first-order valence-electron chi connectivity index (χ1n) is 6.45. The van der Waals surface area contributed by atoms with Gasteiger partial charge in [-0.3, -0.25) is 4.79 Å². The minimum atomic E-state index is -0.383. The van der Waals surface area contributed by atoms with Crippen LogP contribution in [0.25, 0.3) is 11.4 Å². The highest BCUT2D eigenvalue weighted by molar-refractivity contribution is 9.10. The van der Waals surface area contributed by atoms with E-state index in [1.54, 1.807) is 0 Å². The molecule has 0 aliphatic rings. The predicted molar refractivity (Wildman–Crippen MR) is 81.7 cm³/mol. The second kappa shape index (κ2) is 6.15. The molecule has 0 fully saturated rings. The Kier molecular flexibility index (Phi) is 4.06. The largest absolute Gasteiger partial charge is 0.292 e. The molecule has 7 heteroatoms. The van der Waals surface area contributed by atoms with Crippen LogP contribution in [0.15, 0.2) is 53.0 Å². The fraction of sp³-hybridized carbons (Fsp3) is 0.0667. The maximum Gasteiger partial charge on any atom is 0.206 e. The number of halogens is 2. The van der Waals surface area contributed by atoms with Crippen LogP contribution in [0.3, 0.4) is 0 Å². The lowest BCUT2D eigenvalue weighted by Gasteiger charge is -2.00. The molecule has 0 bridgehead atoms. The van der Waals surface area contributed by atoms with E-state index in [9.17, 15) is 9.18 Å². The van der Waals surface area contributed by atoms with Crippen molar-refractivity contribution in [2.45, 2.75) is 6.54 Å². The van der Waals surface area contributed by atoms with Crippen LogP contribution in [0.5, 0.6) is 0 Å². The van der Waals surface area contributed by atoms with Gasteiger partial charge in [-0.25, -0.2) is 4.39 Å². The van der Waals surface area contributed by atoms with Gasteiger partial charge in [0.15, 0.2) is 5.78 Å². The van der Waals surface area contributed by atoms with Crippen LogP contribution >= 0.6 is 15.9 Å². The Bertz CT molecular complexity index is 816. The number of aromatic nitrogens is 4. The van der Waals surface area contributed by atoms with Crippen molar-refractivity contribution in [3.63, 3.8) is 0 Å². The Balaban J connectivity index is 1.78. The maximum atomic E-state index is 12.9. The normalized spacial score (nSPS) is 10.6. The van der Waals surface area contributed by atoms with Crippen LogP contribution in [0.4, 0.5) is 4.39 Å². The summed E-state index contributed by atoms with van der Waals surface area (Å²) >= 11 is 3.42. The van der Waals surface area contributed by atoms with Crippen LogP contribution < -0.4 is 0 Å². The molecule has 0 radical (unpaired) electrons. The number of hydrogen-bond acceptors (Lipinski definition) is 4. The number of benzene rings is 2. The van der Waals surface area contributed by atoms with Crippen molar-refractivity contribution in [3.05, 3.63) is 64.4 Å². The lowest BCUT2D eigenvalue weighted by molar-refractivity contribution is 0.0961. The zero-order chi connectivity index (χ0) is 15.5. The van der Waals surface area contributed by atoms with Gasteiger partial charge in [-0.1, -0.05) is 28.1 Å². The Labute approximate surface area is 133 Å². The number of Topliss-reactive ketones (excluding diaryl/α,β-unsaturated/α-hetero) is 1. The zero-order valence-corrected chi connectivity index (χ0v) is 12.9. The number of carbonyl (C=O) groups excluding carboxylic acids is 1. The number of tetrazole rings is 1. The van der Waals surface area contributed by atoms with Crippen molar-refractivity contribution in [3.8, 4) is 11.4 Å². The maximum absolute atomic E-state index is 12.9. The zero-order valence-electron chi connectivity index (χ0n) is 11.3. The SMILES string of the molecule is O=C(Cn1nnc(-c2ccccc2Br)n1)c1ccc(F)cc1.